The smallest absolute Gasteiger partial charge is 0.329 e. The van der Waals surface area contributed by atoms with Gasteiger partial charge in [-0.1, -0.05) is 19.8 Å². The summed E-state index contributed by atoms with van der Waals surface area (Å²) in [6, 6.07) is -0.771. The summed E-state index contributed by atoms with van der Waals surface area (Å²) in [5, 5.41) is 0. The molecule has 0 aromatic rings. The third-order valence-corrected chi connectivity index (χ3v) is 3.39. The van der Waals surface area contributed by atoms with Crippen LogP contribution in [0.1, 0.15) is 34.6 Å². The van der Waals surface area contributed by atoms with E-state index in [-0.39, 0.29) is 23.8 Å². The molecule has 0 aromatic carbocycles. The lowest BCUT2D eigenvalue weighted by molar-refractivity contribution is -0.161. The van der Waals surface area contributed by atoms with Crippen molar-refractivity contribution in [3.63, 3.8) is 0 Å². The van der Waals surface area contributed by atoms with Gasteiger partial charge >= 0.3 is 12.0 Å². The van der Waals surface area contributed by atoms with E-state index in [1.165, 1.54) is 4.90 Å². The first kappa shape index (κ1) is 17.4. The number of likely N-dealkylation sites (tertiary alicyclic amines) is 1. The molecule has 118 valence electrons. The minimum Gasteiger partial charge on any atom is -0.458 e. The Morgan fingerprint density at radius 2 is 1.86 bits per heavy atom. The molecule has 1 atom stereocenters. The van der Waals surface area contributed by atoms with Gasteiger partial charge in [0.1, 0.15) is 11.6 Å². The molecule has 1 rings (SSSR count). The van der Waals surface area contributed by atoms with Crippen LogP contribution in [0.25, 0.3) is 0 Å². The number of rotatable bonds is 3. The molecule has 5 heteroatoms. The number of likely N-dealkylation sites (N-methyl/N-ethyl adjacent to an activating group) is 1. The second kappa shape index (κ2) is 6.38. The zero-order valence-electron chi connectivity index (χ0n) is 13.8. The lowest BCUT2D eigenvalue weighted by Crippen LogP contribution is -2.58. The first-order valence-corrected chi connectivity index (χ1v) is 7.27. The van der Waals surface area contributed by atoms with Gasteiger partial charge in [-0.05, 0) is 26.7 Å². The molecule has 21 heavy (non-hydrogen) atoms. The van der Waals surface area contributed by atoms with Crippen LogP contribution >= 0.6 is 0 Å². The summed E-state index contributed by atoms with van der Waals surface area (Å²) in [7, 11) is 1.64. The van der Waals surface area contributed by atoms with Crippen molar-refractivity contribution < 1.29 is 14.3 Å². The van der Waals surface area contributed by atoms with Crippen molar-refractivity contribution in [2.24, 2.45) is 11.8 Å². The number of hydrogen-bond donors (Lipinski definition) is 0. The Hall–Kier alpha value is -1.70. The summed E-state index contributed by atoms with van der Waals surface area (Å²) in [6.45, 7) is 10.4. The zero-order valence-corrected chi connectivity index (χ0v) is 13.8. The fourth-order valence-corrected chi connectivity index (χ4v) is 2.32. The molecule has 0 aliphatic carbocycles. The van der Waals surface area contributed by atoms with Crippen LogP contribution in [0.15, 0.2) is 0 Å². The molecule has 2 amide bonds. The summed E-state index contributed by atoms with van der Waals surface area (Å²) in [4.78, 5) is 27.8. The highest BCUT2D eigenvalue weighted by atomic mass is 16.6. The molecule has 0 saturated carbocycles. The van der Waals surface area contributed by atoms with Crippen molar-refractivity contribution in [2.45, 2.75) is 46.3 Å². The first-order valence-electron chi connectivity index (χ1n) is 7.27. The van der Waals surface area contributed by atoms with Gasteiger partial charge in [-0.15, -0.1) is 6.42 Å². The fourth-order valence-electron chi connectivity index (χ4n) is 2.32. The van der Waals surface area contributed by atoms with Gasteiger partial charge in [-0.25, -0.2) is 9.59 Å². The number of nitrogens with zero attached hydrogens (tertiary/aromatic N) is 2. The van der Waals surface area contributed by atoms with Gasteiger partial charge in [0.2, 0.25) is 0 Å². The number of amides is 2. The van der Waals surface area contributed by atoms with Crippen LogP contribution in [0.2, 0.25) is 0 Å². The molecule has 1 saturated heterocycles. The molecule has 1 aliphatic heterocycles. The molecule has 5 nitrogen and oxygen atoms in total. The maximum atomic E-state index is 12.4. The second-order valence-electron chi connectivity index (χ2n) is 6.88. The average Bonchev–Trinajstić information content (AvgIpc) is 2.24. The number of ether oxygens (including phenoxy) is 1. The molecular formula is C16H26N2O3. The van der Waals surface area contributed by atoms with E-state index in [0.717, 1.165) is 0 Å². The zero-order chi connectivity index (χ0) is 16.4. The van der Waals surface area contributed by atoms with E-state index in [4.69, 9.17) is 11.2 Å². The van der Waals surface area contributed by atoms with Crippen molar-refractivity contribution in [1.29, 1.82) is 0 Å². The number of urea groups is 1. The largest absolute Gasteiger partial charge is 0.458 e. The van der Waals surface area contributed by atoms with E-state index < -0.39 is 11.6 Å². The topological polar surface area (TPSA) is 49.9 Å². The van der Waals surface area contributed by atoms with E-state index in [1.807, 2.05) is 34.6 Å². The normalized spacial score (nSPS) is 17.0. The monoisotopic (exact) mass is 294 g/mol. The van der Waals surface area contributed by atoms with Crippen LogP contribution in [0.5, 0.6) is 0 Å². The predicted octanol–water partition coefficient (Wildman–Crippen LogP) is 1.97. The highest BCUT2D eigenvalue weighted by molar-refractivity contribution is 5.84. The highest BCUT2D eigenvalue weighted by Gasteiger charge is 2.38. The van der Waals surface area contributed by atoms with Crippen LogP contribution in [-0.2, 0) is 9.53 Å². The van der Waals surface area contributed by atoms with Crippen LogP contribution in [-0.4, -0.2) is 53.6 Å². The van der Waals surface area contributed by atoms with Gasteiger partial charge in [-0.2, -0.15) is 0 Å². The molecule has 0 aromatic heterocycles. The fraction of sp³-hybridized carbons (Fsp3) is 0.750. The molecule has 0 unspecified atom stereocenters. The Kier molecular flexibility index (Phi) is 5.27. The van der Waals surface area contributed by atoms with E-state index in [9.17, 15) is 9.59 Å². The van der Waals surface area contributed by atoms with Crippen molar-refractivity contribution >= 4 is 12.0 Å². The lowest BCUT2D eigenvalue weighted by Gasteiger charge is -2.41. The first-order chi connectivity index (χ1) is 9.56. The number of esters is 1. The van der Waals surface area contributed by atoms with E-state index >= 15 is 0 Å². The van der Waals surface area contributed by atoms with Crippen LogP contribution in [0, 0.1) is 24.2 Å². The number of carbonyl (C=O) groups excluding carboxylic acids is 2. The second-order valence-corrected chi connectivity index (χ2v) is 6.88. The molecule has 1 heterocycles. The average molecular weight is 294 g/mol. The molecule has 1 aliphatic rings. The van der Waals surface area contributed by atoms with Crippen LogP contribution in [0.4, 0.5) is 4.79 Å². The van der Waals surface area contributed by atoms with Gasteiger partial charge in [0.25, 0.3) is 0 Å². The molecule has 0 bridgehead atoms. The summed E-state index contributed by atoms with van der Waals surface area (Å²) in [5.41, 5.74) is -0.570. The van der Waals surface area contributed by atoms with Gasteiger partial charge in [-0.3, -0.25) is 0 Å². The van der Waals surface area contributed by atoms with Crippen LogP contribution < -0.4 is 0 Å². The number of terminal acetylenes is 1. The molecule has 1 fully saturated rings. The van der Waals surface area contributed by atoms with Gasteiger partial charge in [0.05, 0.1) is 5.92 Å². The van der Waals surface area contributed by atoms with Crippen molar-refractivity contribution in [3.8, 4) is 12.3 Å². The Morgan fingerprint density at radius 1 is 1.33 bits per heavy atom. The maximum absolute atomic E-state index is 12.4. The Bertz CT molecular complexity index is 439. The Morgan fingerprint density at radius 3 is 2.24 bits per heavy atom. The predicted molar refractivity (Wildman–Crippen MR) is 81.5 cm³/mol. The van der Waals surface area contributed by atoms with Crippen molar-refractivity contribution in [1.82, 2.24) is 9.80 Å². The minimum absolute atomic E-state index is 0.0292. The van der Waals surface area contributed by atoms with Crippen LogP contribution in [0.3, 0.4) is 0 Å². The summed E-state index contributed by atoms with van der Waals surface area (Å²) >= 11 is 0. The highest BCUT2D eigenvalue weighted by Crippen LogP contribution is 2.21. The Labute approximate surface area is 127 Å². The molecular weight excluding hydrogens is 268 g/mol. The minimum atomic E-state index is -0.596. The molecule has 0 radical (unpaired) electrons. The third-order valence-electron chi connectivity index (χ3n) is 3.39. The molecule has 0 spiro atoms. The maximum Gasteiger partial charge on any atom is 0.329 e. The quantitative estimate of drug-likeness (QED) is 0.590. The van der Waals surface area contributed by atoms with Gasteiger partial charge in [0.15, 0.2) is 0 Å². The number of carbonyl (C=O) groups is 2. The standard InChI is InChI=1S/C16H26N2O3/c1-8-12-9-18(10-12)15(20)17(7)13(11(2)3)14(19)21-16(4,5)6/h1,11-13H,9-10H2,2-7H3/t13-/m0/s1. The van der Waals surface area contributed by atoms with E-state index in [1.54, 1.807) is 11.9 Å². The third kappa shape index (κ3) is 4.38. The van der Waals surface area contributed by atoms with Gasteiger partial charge in [0, 0.05) is 20.1 Å². The van der Waals surface area contributed by atoms with Gasteiger partial charge < -0.3 is 14.5 Å². The summed E-state index contributed by atoms with van der Waals surface area (Å²) in [6.07, 6.45) is 5.32. The van der Waals surface area contributed by atoms with Crippen molar-refractivity contribution in [3.05, 3.63) is 0 Å². The summed E-state index contributed by atoms with van der Waals surface area (Å²) in [5.74, 6) is 2.35. The lowest BCUT2D eigenvalue weighted by atomic mass is 10.0. The van der Waals surface area contributed by atoms with E-state index in [0.29, 0.717) is 13.1 Å². The SMILES string of the molecule is C#CC1CN(C(=O)N(C)[C@H](C(=O)OC(C)(C)C)C(C)C)C1. The summed E-state index contributed by atoms with van der Waals surface area (Å²) < 4.78 is 5.42. The van der Waals surface area contributed by atoms with Crippen molar-refractivity contribution in [2.75, 3.05) is 20.1 Å². The van der Waals surface area contributed by atoms with E-state index in [2.05, 4.69) is 5.92 Å². The Balaban J connectivity index is 2.74. The number of hydrogen-bond acceptors (Lipinski definition) is 3. The molecule has 0 N–H and O–H groups in total.